The Balaban J connectivity index is 1.70. The highest BCUT2D eigenvalue weighted by Crippen LogP contribution is 2.27. The van der Waals surface area contributed by atoms with Gasteiger partial charge in [0.05, 0.1) is 29.9 Å². The van der Waals surface area contributed by atoms with Crippen LogP contribution in [0.15, 0.2) is 54.9 Å². The first kappa shape index (κ1) is 13.0. The highest BCUT2D eigenvalue weighted by atomic mass is 16.3. The van der Waals surface area contributed by atoms with Gasteiger partial charge in [-0.1, -0.05) is 30.3 Å². The Kier molecular flexibility index (Phi) is 2.94. The first-order chi connectivity index (χ1) is 10.7. The first-order valence-electron chi connectivity index (χ1n) is 7.21. The number of β-amino-alcohol motifs (C(OH)–C–C–N with tert-alkyl or cyclic N) is 1. The van der Waals surface area contributed by atoms with Crippen molar-refractivity contribution in [2.45, 2.75) is 12.6 Å². The van der Waals surface area contributed by atoms with Crippen LogP contribution >= 0.6 is 0 Å². The lowest BCUT2D eigenvalue weighted by Gasteiger charge is -2.32. The van der Waals surface area contributed by atoms with E-state index in [-0.39, 0.29) is 5.91 Å². The van der Waals surface area contributed by atoms with Crippen molar-refractivity contribution in [3.63, 3.8) is 0 Å². The van der Waals surface area contributed by atoms with Crippen LogP contribution in [-0.4, -0.2) is 32.1 Å². The minimum absolute atomic E-state index is 0.102. The molecule has 110 valence electrons. The van der Waals surface area contributed by atoms with E-state index in [1.165, 1.54) is 0 Å². The third kappa shape index (κ3) is 1.98. The number of aromatic nitrogens is 2. The zero-order chi connectivity index (χ0) is 15.1. The summed E-state index contributed by atoms with van der Waals surface area (Å²) in [5, 5.41) is 14.5. The zero-order valence-corrected chi connectivity index (χ0v) is 11.9. The lowest BCUT2D eigenvalue weighted by atomic mass is 9.97. The molecular formula is C17H15N3O2. The number of rotatable bonds is 1. The topological polar surface area (TPSA) is 57.8 Å². The van der Waals surface area contributed by atoms with Crippen molar-refractivity contribution in [3.05, 3.63) is 71.5 Å². The highest BCUT2D eigenvalue weighted by Gasteiger charge is 2.28. The van der Waals surface area contributed by atoms with E-state index in [4.69, 9.17) is 0 Å². The Morgan fingerprint density at radius 2 is 2.00 bits per heavy atom. The van der Waals surface area contributed by atoms with Crippen LogP contribution in [0.1, 0.15) is 27.6 Å². The predicted octanol–water partition coefficient (Wildman–Crippen LogP) is 2.02. The van der Waals surface area contributed by atoms with Crippen LogP contribution in [0.2, 0.25) is 0 Å². The average Bonchev–Trinajstić information content (AvgIpc) is 2.98. The maximum Gasteiger partial charge on any atom is 0.258 e. The number of carbonyl (C=O) groups is 1. The Hall–Kier alpha value is -2.66. The quantitative estimate of drug-likeness (QED) is 0.747. The van der Waals surface area contributed by atoms with Crippen LogP contribution in [0.4, 0.5) is 0 Å². The van der Waals surface area contributed by atoms with Gasteiger partial charge in [0, 0.05) is 12.7 Å². The molecule has 0 radical (unpaired) electrons. The van der Waals surface area contributed by atoms with Crippen LogP contribution in [0.3, 0.4) is 0 Å². The summed E-state index contributed by atoms with van der Waals surface area (Å²) in [5.41, 5.74) is 3.24. The van der Waals surface area contributed by atoms with Crippen molar-refractivity contribution in [2.75, 3.05) is 6.54 Å². The second-order valence-corrected chi connectivity index (χ2v) is 5.49. The molecule has 5 heteroatoms. The van der Waals surface area contributed by atoms with Crippen LogP contribution in [-0.2, 0) is 6.54 Å². The van der Waals surface area contributed by atoms with E-state index < -0.39 is 6.10 Å². The molecule has 2 aromatic heterocycles. The minimum atomic E-state index is -0.643. The van der Waals surface area contributed by atoms with Gasteiger partial charge in [-0.3, -0.25) is 4.79 Å². The molecular weight excluding hydrogens is 278 g/mol. The van der Waals surface area contributed by atoms with Gasteiger partial charge < -0.3 is 10.0 Å². The summed E-state index contributed by atoms with van der Waals surface area (Å²) in [5.74, 6) is -0.102. The van der Waals surface area contributed by atoms with Crippen molar-refractivity contribution in [1.29, 1.82) is 0 Å². The van der Waals surface area contributed by atoms with Gasteiger partial charge in [0.1, 0.15) is 0 Å². The number of nitrogens with zero attached hydrogens (tertiary/aromatic N) is 3. The van der Waals surface area contributed by atoms with Crippen molar-refractivity contribution in [3.8, 4) is 0 Å². The second kappa shape index (κ2) is 4.96. The number of pyridine rings is 1. The van der Waals surface area contributed by atoms with Crippen LogP contribution in [0.25, 0.3) is 5.52 Å². The van der Waals surface area contributed by atoms with E-state index in [1.807, 2.05) is 48.7 Å². The summed E-state index contributed by atoms with van der Waals surface area (Å²) >= 11 is 0. The molecule has 0 saturated heterocycles. The third-order valence-electron chi connectivity index (χ3n) is 4.11. The Labute approximate surface area is 127 Å². The van der Waals surface area contributed by atoms with E-state index in [2.05, 4.69) is 5.10 Å². The number of carbonyl (C=O) groups excluding carboxylic acids is 1. The Morgan fingerprint density at radius 1 is 1.18 bits per heavy atom. The van der Waals surface area contributed by atoms with Crippen molar-refractivity contribution in [1.82, 2.24) is 14.5 Å². The second-order valence-electron chi connectivity index (χ2n) is 5.49. The SMILES string of the molecule is O=C(c1cnn2ccccc12)N1Cc2ccccc2C(O)C1. The van der Waals surface area contributed by atoms with E-state index in [0.717, 1.165) is 16.6 Å². The summed E-state index contributed by atoms with van der Waals surface area (Å²) < 4.78 is 1.68. The maximum atomic E-state index is 12.8. The maximum absolute atomic E-state index is 12.8. The lowest BCUT2D eigenvalue weighted by molar-refractivity contribution is 0.0552. The fourth-order valence-corrected chi connectivity index (χ4v) is 3.00. The molecule has 1 amide bonds. The monoisotopic (exact) mass is 293 g/mol. The standard InChI is InChI=1S/C17H15N3O2/c21-16-11-19(10-12-5-1-2-6-13(12)16)17(22)14-9-18-20-8-4-3-7-15(14)20/h1-9,16,21H,10-11H2. The summed E-state index contributed by atoms with van der Waals surface area (Å²) in [4.78, 5) is 14.5. The molecule has 5 nitrogen and oxygen atoms in total. The van der Waals surface area contributed by atoms with Gasteiger partial charge in [0.2, 0.25) is 0 Å². The molecule has 3 aromatic rings. The zero-order valence-electron chi connectivity index (χ0n) is 11.9. The summed E-state index contributed by atoms with van der Waals surface area (Å²) in [6, 6.07) is 13.3. The highest BCUT2D eigenvalue weighted by molar-refractivity contribution is 6.00. The van der Waals surface area contributed by atoms with Gasteiger partial charge in [0.25, 0.3) is 5.91 Å². The predicted molar refractivity (Wildman–Crippen MR) is 81.3 cm³/mol. The van der Waals surface area contributed by atoms with Gasteiger partial charge >= 0.3 is 0 Å². The van der Waals surface area contributed by atoms with Gasteiger partial charge in [0.15, 0.2) is 0 Å². The summed E-state index contributed by atoms with van der Waals surface area (Å²) in [7, 11) is 0. The molecule has 1 aliphatic rings. The molecule has 0 aliphatic carbocycles. The number of aliphatic hydroxyl groups excluding tert-OH is 1. The van der Waals surface area contributed by atoms with Gasteiger partial charge in [-0.2, -0.15) is 5.10 Å². The summed E-state index contributed by atoms with van der Waals surface area (Å²) in [6.07, 6.45) is 2.76. The molecule has 1 aliphatic heterocycles. The van der Waals surface area contributed by atoms with Crippen molar-refractivity contribution in [2.24, 2.45) is 0 Å². The van der Waals surface area contributed by atoms with Crippen molar-refractivity contribution < 1.29 is 9.90 Å². The van der Waals surface area contributed by atoms with Gasteiger partial charge in [-0.05, 0) is 23.3 Å². The molecule has 3 heterocycles. The lowest BCUT2D eigenvalue weighted by Crippen LogP contribution is -2.38. The molecule has 1 atom stereocenters. The van der Waals surface area contributed by atoms with Crippen LogP contribution < -0.4 is 0 Å². The summed E-state index contributed by atoms with van der Waals surface area (Å²) in [6.45, 7) is 0.816. The molecule has 0 spiro atoms. The third-order valence-corrected chi connectivity index (χ3v) is 4.11. The molecule has 0 saturated carbocycles. The minimum Gasteiger partial charge on any atom is -0.387 e. The smallest absolute Gasteiger partial charge is 0.258 e. The van der Waals surface area contributed by atoms with E-state index in [0.29, 0.717) is 18.7 Å². The molecule has 0 fully saturated rings. The van der Waals surface area contributed by atoms with E-state index >= 15 is 0 Å². The molecule has 1 unspecified atom stereocenters. The van der Waals surface area contributed by atoms with Crippen LogP contribution in [0, 0.1) is 0 Å². The van der Waals surface area contributed by atoms with Gasteiger partial charge in [-0.25, -0.2) is 4.52 Å². The van der Waals surface area contributed by atoms with Crippen molar-refractivity contribution >= 4 is 11.4 Å². The first-order valence-corrected chi connectivity index (χ1v) is 7.21. The molecule has 1 N–H and O–H groups in total. The normalized spacial score (nSPS) is 17.5. The Morgan fingerprint density at radius 3 is 2.91 bits per heavy atom. The van der Waals surface area contributed by atoms with Crippen LogP contribution in [0.5, 0.6) is 0 Å². The number of aliphatic hydroxyl groups is 1. The number of hydrogen-bond donors (Lipinski definition) is 1. The molecule has 4 rings (SSSR count). The fraction of sp³-hybridized carbons (Fsp3) is 0.176. The van der Waals surface area contributed by atoms with E-state index in [9.17, 15) is 9.90 Å². The molecule has 1 aromatic carbocycles. The number of fused-ring (bicyclic) bond motifs is 2. The van der Waals surface area contributed by atoms with Gasteiger partial charge in [-0.15, -0.1) is 0 Å². The molecule has 22 heavy (non-hydrogen) atoms. The number of amides is 1. The molecule has 0 bridgehead atoms. The largest absolute Gasteiger partial charge is 0.387 e. The van der Waals surface area contributed by atoms with E-state index in [1.54, 1.807) is 15.6 Å². The Bertz CT molecular complexity index is 856. The number of benzene rings is 1. The number of hydrogen-bond acceptors (Lipinski definition) is 3. The average molecular weight is 293 g/mol. The fourth-order valence-electron chi connectivity index (χ4n) is 3.00.